The first kappa shape index (κ1) is 14.4. The van der Waals surface area contributed by atoms with Crippen LogP contribution in [0.25, 0.3) is 0 Å². The number of benzene rings is 1. The predicted molar refractivity (Wildman–Crippen MR) is 73.5 cm³/mol. The summed E-state index contributed by atoms with van der Waals surface area (Å²) in [6, 6.07) is 7.48. The van der Waals surface area contributed by atoms with E-state index in [0.717, 1.165) is 5.56 Å². The molecule has 0 saturated carbocycles. The molecule has 0 spiro atoms. The van der Waals surface area contributed by atoms with Gasteiger partial charge in [0.2, 0.25) is 0 Å². The maximum atomic E-state index is 12.0. The highest BCUT2D eigenvalue weighted by molar-refractivity contribution is 5.80. The van der Waals surface area contributed by atoms with Gasteiger partial charge in [0.05, 0.1) is 5.92 Å². The van der Waals surface area contributed by atoms with E-state index in [1.165, 1.54) is 0 Å². The number of hydrogen-bond donors (Lipinski definition) is 1. The van der Waals surface area contributed by atoms with Crippen molar-refractivity contribution in [3.63, 3.8) is 0 Å². The maximum Gasteiger partial charge on any atom is 0.308 e. The Kier molecular flexibility index (Phi) is 4.27. The lowest BCUT2D eigenvalue weighted by molar-refractivity contribution is -0.142. The summed E-state index contributed by atoms with van der Waals surface area (Å²) in [6.45, 7) is 4.50. The molecule has 108 valence electrons. The zero-order valence-corrected chi connectivity index (χ0v) is 11.7. The molecule has 0 aliphatic carbocycles. The summed E-state index contributed by atoms with van der Waals surface area (Å²) in [5, 5.41) is 9.05. The molecule has 1 fully saturated rings. The Morgan fingerprint density at radius 1 is 1.40 bits per heavy atom. The third-order valence-corrected chi connectivity index (χ3v) is 3.63. The van der Waals surface area contributed by atoms with Crippen molar-refractivity contribution in [2.45, 2.75) is 13.8 Å². The van der Waals surface area contributed by atoms with Crippen LogP contribution >= 0.6 is 0 Å². The number of aliphatic carboxylic acids is 1. The summed E-state index contributed by atoms with van der Waals surface area (Å²) < 4.78 is 5.45. The van der Waals surface area contributed by atoms with Crippen molar-refractivity contribution >= 4 is 11.9 Å². The van der Waals surface area contributed by atoms with E-state index in [0.29, 0.717) is 12.3 Å². The third kappa shape index (κ3) is 3.29. The van der Waals surface area contributed by atoms with Crippen LogP contribution in [0, 0.1) is 18.8 Å². The average Bonchev–Trinajstić information content (AvgIpc) is 2.78. The molecule has 5 nitrogen and oxygen atoms in total. The molecule has 2 rings (SSSR count). The van der Waals surface area contributed by atoms with E-state index in [9.17, 15) is 9.59 Å². The highest BCUT2D eigenvalue weighted by atomic mass is 16.5. The minimum atomic E-state index is -0.840. The molecule has 1 aromatic carbocycles. The van der Waals surface area contributed by atoms with Gasteiger partial charge in [-0.15, -0.1) is 0 Å². The quantitative estimate of drug-likeness (QED) is 0.906. The standard InChI is InChI=1S/C15H19NO4/c1-10-4-3-5-12(6-10)20-9-14(17)16-7-11(2)13(8-16)15(18)19/h3-6,11,13H,7-9H2,1-2H3,(H,18,19). The second kappa shape index (κ2) is 5.94. The predicted octanol–water partition coefficient (Wildman–Crippen LogP) is 1.55. The van der Waals surface area contributed by atoms with Gasteiger partial charge in [0.1, 0.15) is 5.75 Å². The minimum Gasteiger partial charge on any atom is -0.484 e. The molecule has 0 aromatic heterocycles. The average molecular weight is 277 g/mol. The fraction of sp³-hybridized carbons (Fsp3) is 0.467. The van der Waals surface area contributed by atoms with E-state index in [-0.39, 0.29) is 25.0 Å². The fourth-order valence-corrected chi connectivity index (χ4v) is 2.43. The van der Waals surface area contributed by atoms with Gasteiger partial charge in [-0.25, -0.2) is 0 Å². The molecule has 0 bridgehead atoms. The number of rotatable bonds is 4. The SMILES string of the molecule is Cc1cccc(OCC(=O)N2CC(C)C(C(=O)O)C2)c1. The van der Waals surface area contributed by atoms with E-state index in [1.54, 1.807) is 11.0 Å². The lowest BCUT2D eigenvalue weighted by Gasteiger charge is -2.16. The van der Waals surface area contributed by atoms with Crippen LogP contribution < -0.4 is 4.74 Å². The first-order valence-electron chi connectivity index (χ1n) is 6.67. The molecule has 1 amide bonds. The second-order valence-electron chi connectivity index (χ2n) is 5.33. The number of ether oxygens (including phenoxy) is 1. The Morgan fingerprint density at radius 2 is 2.15 bits per heavy atom. The molecular weight excluding hydrogens is 258 g/mol. The van der Waals surface area contributed by atoms with Gasteiger partial charge in [0, 0.05) is 13.1 Å². The second-order valence-corrected chi connectivity index (χ2v) is 5.33. The van der Waals surface area contributed by atoms with Crippen molar-refractivity contribution in [2.75, 3.05) is 19.7 Å². The molecule has 1 aliphatic rings. The van der Waals surface area contributed by atoms with E-state index < -0.39 is 11.9 Å². The van der Waals surface area contributed by atoms with Crippen molar-refractivity contribution in [3.05, 3.63) is 29.8 Å². The smallest absolute Gasteiger partial charge is 0.308 e. The van der Waals surface area contributed by atoms with E-state index in [1.807, 2.05) is 32.0 Å². The largest absolute Gasteiger partial charge is 0.484 e. The van der Waals surface area contributed by atoms with E-state index in [2.05, 4.69) is 0 Å². The van der Waals surface area contributed by atoms with Crippen molar-refractivity contribution in [3.8, 4) is 5.75 Å². The van der Waals surface area contributed by atoms with Crippen LogP contribution in [0.5, 0.6) is 5.75 Å². The monoisotopic (exact) mass is 277 g/mol. The number of amides is 1. The Hall–Kier alpha value is -2.04. The first-order chi connectivity index (χ1) is 9.47. The number of carbonyl (C=O) groups excluding carboxylic acids is 1. The van der Waals surface area contributed by atoms with Crippen LogP contribution in [-0.4, -0.2) is 41.6 Å². The molecule has 5 heteroatoms. The highest BCUT2D eigenvalue weighted by Gasteiger charge is 2.36. The van der Waals surface area contributed by atoms with Gasteiger partial charge in [-0.1, -0.05) is 19.1 Å². The van der Waals surface area contributed by atoms with Crippen LogP contribution in [0.15, 0.2) is 24.3 Å². The Bertz CT molecular complexity index is 514. The molecule has 20 heavy (non-hydrogen) atoms. The van der Waals surface area contributed by atoms with Crippen molar-refractivity contribution in [1.29, 1.82) is 0 Å². The van der Waals surface area contributed by atoms with Gasteiger partial charge >= 0.3 is 5.97 Å². The molecule has 1 aliphatic heterocycles. The summed E-state index contributed by atoms with van der Waals surface area (Å²) in [4.78, 5) is 24.6. The van der Waals surface area contributed by atoms with Crippen LogP contribution in [0.2, 0.25) is 0 Å². The Morgan fingerprint density at radius 3 is 2.75 bits per heavy atom. The third-order valence-electron chi connectivity index (χ3n) is 3.63. The number of carbonyl (C=O) groups is 2. The number of carboxylic acid groups (broad SMARTS) is 1. The molecule has 1 N–H and O–H groups in total. The zero-order valence-electron chi connectivity index (χ0n) is 11.7. The normalized spacial score (nSPS) is 21.8. The minimum absolute atomic E-state index is 0.0181. The lowest BCUT2D eigenvalue weighted by atomic mass is 9.99. The van der Waals surface area contributed by atoms with Gasteiger partial charge in [0.25, 0.3) is 5.91 Å². The number of likely N-dealkylation sites (tertiary alicyclic amines) is 1. The van der Waals surface area contributed by atoms with Gasteiger partial charge < -0.3 is 14.7 Å². The molecule has 2 atom stereocenters. The summed E-state index contributed by atoms with van der Waals surface area (Å²) in [6.07, 6.45) is 0. The van der Waals surface area contributed by atoms with E-state index >= 15 is 0 Å². The Balaban J connectivity index is 1.88. The first-order valence-corrected chi connectivity index (χ1v) is 6.67. The number of hydrogen-bond acceptors (Lipinski definition) is 3. The molecule has 1 aromatic rings. The molecule has 2 unspecified atom stereocenters. The zero-order chi connectivity index (χ0) is 14.7. The van der Waals surface area contributed by atoms with Crippen molar-refractivity contribution in [1.82, 2.24) is 4.90 Å². The Labute approximate surface area is 118 Å². The van der Waals surface area contributed by atoms with Crippen LogP contribution in [0.1, 0.15) is 12.5 Å². The summed E-state index contributed by atoms with van der Waals surface area (Å²) in [5.74, 6) is -0.844. The van der Waals surface area contributed by atoms with Crippen LogP contribution in [0.3, 0.4) is 0 Å². The highest BCUT2D eigenvalue weighted by Crippen LogP contribution is 2.23. The summed E-state index contributed by atoms with van der Waals surface area (Å²) in [5.41, 5.74) is 1.07. The van der Waals surface area contributed by atoms with Gasteiger partial charge in [-0.2, -0.15) is 0 Å². The number of nitrogens with zero attached hydrogens (tertiary/aromatic N) is 1. The molecular formula is C15H19NO4. The van der Waals surface area contributed by atoms with E-state index in [4.69, 9.17) is 9.84 Å². The van der Waals surface area contributed by atoms with Gasteiger partial charge in [-0.05, 0) is 30.5 Å². The summed E-state index contributed by atoms with van der Waals surface area (Å²) in [7, 11) is 0. The number of aryl methyl sites for hydroxylation is 1. The van der Waals surface area contributed by atoms with Gasteiger partial charge in [0.15, 0.2) is 6.61 Å². The summed E-state index contributed by atoms with van der Waals surface area (Å²) >= 11 is 0. The molecule has 1 saturated heterocycles. The van der Waals surface area contributed by atoms with Crippen LogP contribution in [0.4, 0.5) is 0 Å². The fourth-order valence-electron chi connectivity index (χ4n) is 2.43. The van der Waals surface area contributed by atoms with Crippen molar-refractivity contribution in [2.24, 2.45) is 11.8 Å². The topological polar surface area (TPSA) is 66.8 Å². The lowest BCUT2D eigenvalue weighted by Crippen LogP contribution is -2.33. The van der Waals surface area contributed by atoms with Crippen LogP contribution in [-0.2, 0) is 9.59 Å². The van der Waals surface area contributed by atoms with Crippen molar-refractivity contribution < 1.29 is 19.4 Å². The molecule has 0 radical (unpaired) electrons. The van der Waals surface area contributed by atoms with Gasteiger partial charge in [-0.3, -0.25) is 9.59 Å². The molecule has 1 heterocycles. The number of carboxylic acids is 1. The maximum absolute atomic E-state index is 12.0.